The zero-order valence-electron chi connectivity index (χ0n) is 30.0. The largest absolute Gasteiger partial charge is 0.494 e. The molecule has 3 aromatic carbocycles. The van der Waals surface area contributed by atoms with Crippen LogP contribution >= 0.6 is 0 Å². The molecule has 1 unspecified atom stereocenters. The summed E-state index contributed by atoms with van der Waals surface area (Å²) in [5.74, 6) is 2.24. The second-order valence-corrected chi connectivity index (χ2v) is 21.9. The lowest BCUT2D eigenvalue weighted by Gasteiger charge is -2.35. The fourth-order valence-corrected chi connectivity index (χ4v) is 17.5. The zero-order chi connectivity index (χ0) is 35.1. The number of hydrogen-bond acceptors (Lipinski definition) is 8. The topological polar surface area (TPSA) is 81.7 Å². The Morgan fingerprint density at radius 3 is 1.76 bits per heavy atom. The Morgan fingerprint density at radius 1 is 0.673 bits per heavy atom. The number of benzene rings is 3. The van der Waals surface area contributed by atoms with Crippen molar-refractivity contribution in [1.29, 1.82) is 0 Å². The molecule has 1 fully saturated rings. The van der Waals surface area contributed by atoms with E-state index in [2.05, 4.69) is 45.6 Å². The van der Waals surface area contributed by atoms with Crippen LogP contribution in [0.5, 0.6) is 17.2 Å². The lowest BCUT2D eigenvalue weighted by Crippen LogP contribution is -2.52. The van der Waals surface area contributed by atoms with Crippen LogP contribution in [0, 0.1) is 5.92 Å². The van der Waals surface area contributed by atoms with Gasteiger partial charge in [0.15, 0.2) is 0 Å². The van der Waals surface area contributed by atoms with E-state index >= 15 is 0 Å². The van der Waals surface area contributed by atoms with Gasteiger partial charge in [-0.2, -0.15) is 0 Å². The van der Waals surface area contributed by atoms with Crippen molar-refractivity contribution in [2.45, 2.75) is 97.4 Å². The average Bonchev–Trinajstić information content (AvgIpc) is 3.08. The van der Waals surface area contributed by atoms with Gasteiger partial charge in [0.25, 0.3) is 0 Å². The first-order valence-corrected chi connectivity index (χ1v) is 25.6. The highest BCUT2D eigenvalue weighted by Crippen LogP contribution is 2.26. The van der Waals surface area contributed by atoms with Crippen LogP contribution in [0.2, 0.25) is 32.2 Å². The number of unbranched alkanes of at least 4 members (excludes halogenated alkanes) is 6. The van der Waals surface area contributed by atoms with E-state index in [1.54, 1.807) is 24.3 Å². The molecule has 0 saturated carbocycles. The van der Waals surface area contributed by atoms with Gasteiger partial charge in [-0.1, -0.05) is 83.1 Å². The Morgan fingerprint density at radius 2 is 1.16 bits per heavy atom. The van der Waals surface area contributed by atoms with Crippen LogP contribution < -0.4 is 14.2 Å². The summed E-state index contributed by atoms with van der Waals surface area (Å²) in [6, 6.07) is 23.8. The van der Waals surface area contributed by atoms with Crippen LogP contribution in [0.3, 0.4) is 0 Å². The van der Waals surface area contributed by atoms with Gasteiger partial charge in [-0.05, 0) is 104 Å². The summed E-state index contributed by atoms with van der Waals surface area (Å²) < 4.78 is 41.9. The molecule has 12 heteroatoms. The molecular formula is C37H53O8Si4. The fourth-order valence-electron chi connectivity index (χ4n) is 5.49. The molecule has 0 aliphatic carbocycles. The summed E-state index contributed by atoms with van der Waals surface area (Å²) in [4.78, 5) is 12.7. The van der Waals surface area contributed by atoms with Crippen LogP contribution in [0.25, 0.3) is 11.1 Å². The molecule has 1 aliphatic heterocycles. The maximum absolute atomic E-state index is 12.7. The molecule has 1 aliphatic rings. The smallest absolute Gasteiger partial charge is 0.362 e. The molecule has 1 heterocycles. The minimum Gasteiger partial charge on any atom is -0.494 e. The molecular weight excluding hydrogens is 685 g/mol. The van der Waals surface area contributed by atoms with Crippen LogP contribution in [-0.4, -0.2) is 55.6 Å². The highest BCUT2D eigenvalue weighted by Gasteiger charge is 2.40. The van der Waals surface area contributed by atoms with Crippen molar-refractivity contribution in [3.05, 3.63) is 78.4 Å². The monoisotopic (exact) mass is 737 g/mol. The average molecular weight is 738 g/mol. The van der Waals surface area contributed by atoms with Crippen molar-refractivity contribution in [2.75, 3.05) is 13.2 Å². The van der Waals surface area contributed by atoms with Crippen LogP contribution in [0.15, 0.2) is 72.8 Å². The lowest BCUT2D eigenvalue weighted by molar-refractivity contribution is 0.0734. The van der Waals surface area contributed by atoms with Crippen molar-refractivity contribution in [3.63, 3.8) is 0 Å². The predicted octanol–water partition coefficient (Wildman–Crippen LogP) is 9.61. The van der Waals surface area contributed by atoms with E-state index in [4.69, 9.17) is 30.7 Å². The number of carbonyl (C=O) groups is 1. The first-order valence-electron chi connectivity index (χ1n) is 17.6. The maximum atomic E-state index is 12.7. The van der Waals surface area contributed by atoms with Gasteiger partial charge in [0.1, 0.15) is 17.2 Å². The highest BCUT2D eigenvalue weighted by atomic mass is 28.5. The number of ether oxygens (including phenoxy) is 3. The van der Waals surface area contributed by atoms with Gasteiger partial charge in [0, 0.05) is 0 Å². The molecule has 4 rings (SSSR count). The summed E-state index contributed by atoms with van der Waals surface area (Å²) in [6.07, 6.45) is 9.33. The third-order valence-electron chi connectivity index (χ3n) is 8.41. The quantitative estimate of drug-likeness (QED) is 0.0553. The molecule has 0 bridgehead atoms. The Kier molecular flexibility index (Phi) is 16.3. The molecule has 0 N–H and O–H groups in total. The third kappa shape index (κ3) is 13.9. The molecule has 0 amide bonds. The Balaban J connectivity index is 1.08. The molecule has 3 radical (unpaired) electrons. The standard InChI is InChI=1S/C37H53O8Si4/c1-7-30(2)29-40-35-23-25-36(26-24-35)41-37(38)33-17-15-31(16-18-33)32-19-21-34(22-20-32)39-27-13-11-9-8-10-12-14-28-49(6)44-47(4)42-46(3)43-48(5)45-49/h15-26,30H,7-14,27-29H2,1-6H3. The third-order valence-corrected chi connectivity index (χ3v) is 20.0. The second kappa shape index (κ2) is 20.3. The van der Waals surface area contributed by atoms with Crippen LogP contribution in [0.4, 0.5) is 0 Å². The van der Waals surface area contributed by atoms with E-state index in [1.165, 1.54) is 32.1 Å². The summed E-state index contributed by atoms with van der Waals surface area (Å²) >= 11 is 0. The van der Waals surface area contributed by atoms with E-state index in [0.717, 1.165) is 54.5 Å². The molecule has 0 aromatic heterocycles. The normalized spacial score (nSPS) is 16.4. The molecule has 265 valence electrons. The van der Waals surface area contributed by atoms with Crippen molar-refractivity contribution in [2.24, 2.45) is 5.92 Å². The van der Waals surface area contributed by atoms with Crippen molar-refractivity contribution in [1.82, 2.24) is 0 Å². The van der Waals surface area contributed by atoms with Crippen LogP contribution in [-0.2, 0) is 16.5 Å². The molecule has 8 nitrogen and oxygen atoms in total. The fraction of sp³-hybridized carbons (Fsp3) is 0.486. The van der Waals surface area contributed by atoms with Crippen molar-refractivity contribution >= 4 is 42.4 Å². The van der Waals surface area contributed by atoms with Gasteiger partial charge in [-0.15, -0.1) is 0 Å². The predicted molar refractivity (Wildman–Crippen MR) is 202 cm³/mol. The number of hydrogen-bond donors (Lipinski definition) is 0. The summed E-state index contributed by atoms with van der Waals surface area (Å²) in [6.45, 7) is 14.0. The Labute approximate surface area is 300 Å². The van der Waals surface area contributed by atoms with E-state index in [1.807, 2.05) is 42.9 Å². The Hall–Kier alpha value is -2.56. The molecule has 1 saturated heterocycles. The first kappa shape index (κ1) is 39.2. The summed E-state index contributed by atoms with van der Waals surface area (Å²) in [5, 5.41) is 0. The SMILES string of the molecule is CCC(C)COc1ccc(OC(=O)c2ccc(-c3ccc(OCCCCCCCCC[Si]4(C)O[Si](C)O[Si](C)O[Si](C)O4)cc3)cc2)cc1. The van der Waals surface area contributed by atoms with Gasteiger partial charge in [-0.25, -0.2) is 4.79 Å². The van der Waals surface area contributed by atoms with E-state index in [-0.39, 0.29) is 0 Å². The molecule has 0 spiro atoms. The minimum atomic E-state index is -2.22. The number of esters is 1. The van der Waals surface area contributed by atoms with Crippen LogP contribution in [0.1, 0.15) is 75.6 Å². The molecule has 49 heavy (non-hydrogen) atoms. The second-order valence-electron chi connectivity index (χ2n) is 12.9. The number of rotatable bonds is 18. The van der Waals surface area contributed by atoms with Gasteiger partial charge in [0.2, 0.25) is 0 Å². The summed E-state index contributed by atoms with van der Waals surface area (Å²) in [5.41, 5.74) is 2.59. The lowest BCUT2D eigenvalue weighted by atomic mass is 10.0. The van der Waals surface area contributed by atoms with Gasteiger partial charge < -0.3 is 30.7 Å². The molecule has 3 aromatic rings. The maximum Gasteiger partial charge on any atom is 0.362 e. The number of carbonyl (C=O) groups excluding carboxylic acids is 1. The molecule has 1 atom stereocenters. The minimum absolute atomic E-state index is 0.390. The first-order chi connectivity index (χ1) is 23.6. The zero-order valence-corrected chi connectivity index (χ0v) is 34.0. The van der Waals surface area contributed by atoms with Gasteiger partial charge >= 0.3 is 42.4 Å². The highest BCUT2D eigenvalue weighted by molar-refractivity contribution is 6.81. The van der Waals surface area contributed by atoms with Crippen molar-refractivity contribution in [3.8, 4) is 28.4 Å². The van der Waals surface area contributed by atoms with Crippen molar-refractivity contribution < 1.29 is 35.5 Å². The van der Waals surface area contributed by atoms with E-state index < -0.39 is 42.4 Å². The van der Waals surface area contributed by atoms with E-state index in [0.29, 0.717) is 23.8 Å². The van der Waals surface area contributed by atoms with E-state index in [9.17, 15) is 4.79 Å². The Bertz CT molecular complexity index is 1380. The summed E-state index contributed by atoms with van der Waals surface area (Å²) in [7, 11) is -6.06. The van der Waals surface area contributed by atoms with Gasteiger partial charge in [0.05, 0.1) is 18.8 Å². The van der Waals surface area contributed by atoms with Gasteiger partial charge in [-0.3, -0.25) is 0 Å².